The molecular weight excluding hydrogens is 246 g/mol. The molecular formula is C17H35N3. The lowest BCUT2D eigenvalue weighted by Crippen LogP contribution is -2.52. The van der Waals surface area contributed by atoms with Gasteiger partial charge in [-0.1, -0.05) is 26.2 Å². The van der Waals surface area contributed by atoms with Gasteiger partial charge in [0.1, 0.15) is 0 Å². The third-order valence-corrected chi connectivity index (χ3v) is 5.87. The minimum atomic E-state index is 0.450. The van der Waals surface area contributed by atoms with Gasteiger partial charge in [-0.3, -0.25) is 4.90 Å². The summed E-state index contributed by atoms with van der Waals surface area (Å²) in [6, 6.07) is 0.763. The summed E-state index contributed by atoms with van der Waals surface area (Å²) in [7, 11) is 2.17. The molecule has 118 valence electrons. The predicted molar refractivity (Wildman–Crippen MR) is 87.3 cm³/mol. The Morgan fingerprint density at radius 1 is 1.05 bits per heavy atom. The van der Waals surface area contributed by atoms with E-state index < -0.39 is 0 Å². The minimum absolute atomic E-state index is 0.450. The molecule has 3 nitrogen and oxygen atoms in total. The molecule has 1 aliphatic carbocycles. The largest absolute Gasteiger partial charge is 0.314 e. The van der Waals surface area contributed by atoms with Crippen LogP contribution in [0.15, 0.2) is 0 Å². The van der Waals surface area contributed by atoms with Crippen molar-refractivity contribution in [2.45, 2.75) is 70.4 Å². The van der Waals surface area contributed by atoms with E-state index in [0.29, 0.717) is 5.54 Å². The Morgan fingerprint density at radius 3 is 2.25 bits per heavy atom. The van der Waals surface area contributed by atoms with Gasteiger partial charge >= 0.3 is 0 Å². The molecule has 1 N–H and O–H groups in total. The smallest absolute Gasteiger partial charge is 0.0190 e. The lowest BCUT2D eigenvalue weighted by Gasteiger charge is -2.41. The fourth-order valence-electron chi connectivity index (χ4n) is 3.91. The van der Waals surface area contributed by atoms with E-state index in [4.69, 9.17) is 0 Å². The molecule has 1 unspecified atom stereocenters. The zero-order valence-electron chi connectivity index (χ0n) is 14.0. The first-order valence-electron chi connectivity index (χ1n) is 8.84. The molecule has 1 saturated heterocycles. The van der Waals surface area contributed by atoms with Crippen molar-refractivity contribution in [3.8, 4) is 0 Å². The summed E-state index contributed by atoms with van der Waals surface area (Å²) in [4.78, 5) is 5.34. The van der Waals surface area contributed by atoms with E-state index >= 15 is 0 Å². The molecule has 0 radical (unpaired) electrons. The van der Waals surface area contributed by atoms with Gasteiger partial charge in [0.25, 0.3) is 0 Å². The number of piperazine rings is 1. The van der Waals surface area contributed by atoms with Crippen molar-refractivity contribution in [1.29, 1.82) is 0 Å². The van der Waals surface area contributed by atoms with E-state index in [1.54, 1.807) is 0 Å². The van der Waals surface area contributed by atoms with Gasteiger partial charge in [-0.25, -0.2) is 0 Å². The van der Waals surface area contributed by atoms with E-state index in [-0.39, 0.29) is 0 Å². The first-order chi connectivity index (χ1) is 9.69. The highest BCUT2D eigenvalue weighted by Crippen LogP contribution is 2.31. The average Bonchev–Trinajstić information content (AvgIpc) is 2.53. The van der Waals surface area contributed by atoms with Crippen LogP contribution in [0.3, 0.4) is 0 Å². The number of nitrogens with one attached hydrogen (secondary N) is 1. The summed E-state index contributed by atoms with van der Waals surface area (Å²) in [5, 5.41) is 3.66. The topological polar surface area (TPSA) is 18.5 Å². The van der Waals surface area contributed by atoms with Crippen molar-refractivity contribution >= 4 is 0 Å². The van der Waals surface area contributed by atoms with E-state index in [2.05, 4.69) is 36.0 Å². The number of nitrogens with zero attached hydrogens (tertiary/aromatic N) is 2. The summed E-state index contributed by atoms with van der Waals surface area (Å²) >= 11 is 0. The van der Waals surface area contributed by atoms with Crippen molar-refractivity contribution < 1.29 is 0 Å². The molecule has 0 amide bonds. The SMILES string of the molecule is CCC(C)N1CCN(CCC2(NC)CCCCC2)CC1. The van der Waals surface area contributed by atoms with E-state index in [0.717, 1.165) is 6.04 Å². The van der Waals surface area contributed by atoms with Crippen LogP contribution in [0.1, 0.15) is 58.8 Å². The fraction of sp³-hybridized carbons (Fsp3) is 1.00. The van der Waals surface area contributed by atoms with Crippen molar-refractivity contribution in [2.75, 3.05) is 39.8 Å². The normalized spacial score (nSPS) is 26.6. The van der Waals surface area contributed by atoms with Crippen LogP contribution < -0.4 is 5.32 Å². The maximum absolute atomic E-state index is 3.66. The Hall–Kier alpha value is -0.120. The maximum atomic E-state index is 3.66. The molecule has 1 aliphatic heterocycles. The lowest BCUT2D eigenvalue weighted by molar-refractivity contribution is 0.0890. The van der Waals surface area contributed by atoms with Crippen LogP contribution in [-0.4, -0.2) is 61.2 Å². The summed E-state index contributed by atoms with van der Waals surface area (Å²) in [6.45, 7) is 11.0. The maximum Gasteiger partial charge on any atom is 0.0190 e. The molecule has 0 aromatic heterocycles. The summed E-state index contributed by atoms with van der Waals surface area (Å²) in [5.74, 6) is 0. The summed E-state index contributed by atoms with van der Waals surface area (Å²) < 4.78 is 0. The second-order valence-corrected chi connectivity index (χ2v) is 6.98. The van der Waals surface area contributed by atoms with Crippen molar-refractivity contribution in [3.05, 3.63) is 0 Å². The lowest BCUT2D eigenvalue weighted by atomic mass is 9.79. The van der Waals surface area contributed by atoms with E-state index in [1.807, 2.05) is 0 Å². The van der Waals surface area contributed by atoms with Gasteiger partial charge in [0, 0.05) is 37.8 Å². The molecule has 3 heteroatoms. The molecule has 0 aromatic carbocycles. The van der Waals surface area contributed by atoms with Gasteiger partial charge < -0.3 is 10.2 Å². The highest BCUT2D eigenvalue weighted by Gasteiger charge is 2.31. The number of hydrogen-bond acceptors (Lipinski definition) is 3. The molecule has 2 fully saturated rings. The van der Waals surface area contributed by atoms with Gasteiger partial charge in [-0.2, -0.15) is 0 Å². The third kappa shape index (κ3) is 4.19. The Labute approximate surface area is 126 Å². The zero-order chi connectivity index (χ0) is 14.4. The van der Waals surface area contributed by atoms with Crippen LogP contribution in [0.4, 0.5) is 0 Å². The zero-order valence-corrected chi connectivity index (χ0v) is 14.0. The molecule has 1 atom stereocenters. The number of hydrogen-bond donors (Lipinski definition) is 1. The van der Waals surface area contributed by atoms with Crippen LogP contribution in [-0.2, 0) is 0 Å². The Balaban J connectivity index is 1.72. The van der Waals surface area contributed by atoms with E-state index in [9.17, 15) is 0 Å². The van der Waals surface area contributed by atoms with Gasteiger partial charge in [-0.15, -0.1) is 0 Å². The molecule has 1 saturated carbocycles. The van der Waals surface area contributed by atoms with Crippen molar-refractivity contribution in [2.24, 2.45) is 0 Å². The standard InChI is InChI=1S/C17H35N3/c1-4-16(2)20-14-12-19(13-15-20)11-10-17(18-3)8-6-5-7-9-17/h16,18H,4-15H2,1-3H3. The van der Waals surface area contributed by atoms with E-state index in [1.165, 1.54) is 77.7 Å². The second-order valence-electron chi connectivity index (χ2n) is 6.98. The first kappa shape index (κ1) is 16.3. The molecule has 2 aliphatic rings. The quantitative estimate of drug-likeness (QED) is 0.807. The molecule has 1 heterocycles. The van der Waals surface area contributed by atoms with Crippen molar-refractivity contribution in [3.63, 3.8) is 0 Å². The van der Waals surface area contributed by atoms with Gasteiger partial charge in [0.15, 0.2) is 0 Å². The average molecular weight is 281 g/mol. The fourth-order valence-corrected chi connectivity index (χ4v) is 3.91. The predicted octanol–water partition coefficient (Wildman–Crippen LogP) is 2.71. The van der Waals surface area contributed by atoms with Crippen LogP contribution in [0.2, 0.25) is 0 Å². The Bertz CT molecular complexity index is 265. The Morgan fingerprint density at radius 2 is 1.70 bits per heavy atom. The van der Waals surface area contributed by atoms with Gasteiger partial charge in [0.2, 0.25) is 0 Å². The van der Waals surface area contributed by atoms with Crippen LogP contribution in [0.5, 0.6) is 0 Å². The van der Waals surface area contributed by atoms with Crippen LogP contribution >= 0.6 is 0 Å². The van der Waals surface area contributed by atoms with Gasteiger partial charge in [-0.05, 0) is 46.2 Å². The van der Waals surface area contributed by atoms with Gasteiger partial charge in [0.05, 0.1) is 0 Å². The second kappa shape index (κ2) is 7.77. The highest BCUT2D eigenvalue weighted by molar-refractivity contribution is 4.91. The highest BCUT2D eigenvalue weighted by atomic mass is 15.3. The third-order valence-electron chi connectivity index (χ3n) is 5.87. The van der Waals surface area contributed by atoms with Crippen LogP contribution in [0, 0.1) is 0 Å². The monoisotopic (exact) mass is 281 g/mol. The molecule has 0 bridgehead atoms. The summed E-state index contributed by atoms with van der Waals surface area (Å²) in [6.07, 6.45) is 9.67. The summed E-state index contributed by atoms with van der Waals surface area (Å²) in [5.41, 5.74) is 0.450. The first-order valence-corrected chi connectivity index (χ1v) is 8.84. The molecule has 0 spiro atoms. The number of rotatable bonds is 6. The molecule has 2 rings (SSSR count). The van der Waals surface area contributed by atoms with Crippen LogP contribution in [0.25, 0.3) is 0 Å². The Kier molecular flexibility index (Phi) is 6.31. The molecule has 20 heavy (non-hydrogen) atoms. The molecule has 0 aromatic rings. The van der Waals surface area contributed by atoms with Crippen molar-refractivity contribution in [1.82, 2.24) is 15.1 Å². The minimum Gasteiger partial charge on any atom is -0.314 e.